The molecule has 2 fully saturated rings. The van der Waals surface area contributed by atoms with Gasteiger partial charge in [0.2, 0.25) is 12.4 Å². The number of anilines is 1. The van der Waals surface area contributed by atoms with Gasteiger partial charge in [-0.2, -0.15) is 0 Å². The molecule has 0 spiro atoms. The van der Waals surface area contributed by atoms with Crippen molar-refractivity contribution >= 4 is 22.8 Å². The topological polar surface area (TPSA) is 105 Å². The lowest BCUT2D eigenvalue weighted by Gasteiger charge is -2.45. The number of hydrogen-bond donors (Lipinski definition) is 1. The number of methoxy groups -OCH3 is 1. The monoisotopic (exact) mass is 391 g/mol. The fraction of sp³-hybridized carbons (Fsp3) is 0.474. The minimum atomic E-state index is -0.918. The van der Waals surface area contributed by atoms with Crippen molar-refractivity contribution in [2.24, 2.45) is 0 Å². The Hall–Kier alpha value is -2.78. The number of carbonyl (C=O) groups excluding carboxylic acids is 1. The molecule has 1 aromatic heterocycles. The summed E-state index contributed by atoms with van der Waals surface area (Å²) in [7, 11) is 3.16. The summed E-state index contributed by atoms with van der Waals surface area (Å²) in [6, 6.07) is 6.75. The molecular formula is C19H21NO8. The Morgan fingerprint density at radius 1 is 1.11 bits per heavy atom. The maximum Gasteiger partial charge on any atom is 0.509 e. The first kappa shape index (κ1) is 18.6. The number of hydrogen-bond acceptors (Lipinski definition) is 9. The molecule has 0 amide bonds. The Morgan fingerprint density at radius 2 is 1.86 bits per heavy atom. The summed E-state index contributed by atoms with van der Waals surface area (Å²) >= 11 is 0. The van der Waals surface area contributed by atoms with Gasteiger partial charge in [0.15, 0.2) is 6.10 Å². The molecule has 0 bridgehead atoms. The van der Waals surface area contributed by atoms with Crippen LogP contribution in [0.3, 0.4) is 0 Å². The van der Waals surface area contributed by atoms with Gasteiger partial charge in [0.05, 0.1) is 5.60 Å². The molecule has 1 N–H and O–H groups in total. The number of nitrogens with one attached hydrogen (secondary N) is 1. The summed E-state index contributed by atoms with van der Waals surface area (Å²) in [6.07, 6.45) is -3.68. The summed E-state index contributed by atoms with van der Waals surface area (Å²) in [5.41, 5.74) is -0.549. The fourth-order valence-corrected chi connectivity index (χ4v) is 3.64. The molecule has 2 aromatic rings. The van der Waals surface area contributed by atoms with Crippen LogP contribution in [0.5, 0.6) is 5.75 Å². The second-order valence-electron chi connectivity index (χ2n) is 7.18. The van der Waals surface area contributed by atoms with E-state index in [1.807, 2.05) is 13.8 Å². The Bertz CT molecular complexity index is 968. The quantitative estimate of drug-likeness (QED) is 0.620. The molecule has 4 atom stereocenters. The normalized spacial score (nSPS) is 28.4. The van der Waals surface area contributed by atoms with E-state index in [2.05, 4.69) is 5.32 Å². The second kappa shape index (κ2) is 6.68. The van der Waals surface area contributed by atoms with Crippen molar-refractivity contribution in [3.8, 4) is 5.75 Å². The zero-order valence-corrected chi connectivity index (χ0v) is 15.9. The highest BCUT2D eigenvalue weighted by atomic mass is 16.8. The predicted octanol–water partition coefficient (Wildman–Crippen LogP) is 2.27. The van der Waals surface area contributed by atoms with Crippen molar-refractivity contribution in [1.82, 2.24) is 0 Å². The van der Waals surface area contributed by atoms with E-state index in [0.29, 0.717) is 17.0 Å². The van der Waals surface area contributed by atoms with Crippen molar-refractivity contribution in [3.63, 3.8) is 0 Å². The molecule has 0 aliphatic carbocycles. The molecule has 2 aliphatic heterocycles. The molecule has 2 aliphatic rings. The van der Waals surface area contributed by atoms with Gasteiger partial charge in [-0.15, -0.1) is 0 Å². The maximum absolute atomic E-state index is 11.9. The van der Waals surface area contributed by atoms with E-state index in [4.69, 9.17) is 28.1 Å². The zero-order valence-electron chi connectivity index (χ0n) is 15.9. The predicted molar refractivity (Wildman–Crippen MR) is 97.5 cm³/mol. The van der Waals surface area contributed by atoms with Crippen LogP contribution < -0.4 is 15.7 Å². The average Bonchev–Trinajstić information content (AvgIpc) is 3.02. The molecule has 28 heavy (non-hydrogen) atoms. The highest BCUT2D eigenvalue weighted by molar-refractivity contribution is 5.80. The summed E-state index contributed by atoms with van der Waals surface area (Å²) < 4.78 is 33.2. The fourth-order valence-electron chi connectivity index (χ4n) is 3.64. The highest BCUT2D eigenvalue weighted by Gasteiger charge is 2.58. The molecule has 1 unspecified atom stereocenters. The molecule has 9 heteroatoms. The number of rotatable bonds is 4. The lowest BCUT2D eigenvalue weighted by Crippen LogP contribution is -2.62. The van der Waals surface area contributed by atoms with Crippen LogP contribution in [0.15, 0.2) is 33.5 Å². The molecule has 3 heterocycles. The molecule has 1 aromatic carbocycles. The lowest BCUT2D eigenvalue weighted by atomic mass is 9.89. The van der Waals surface area contributed by atoms with Crippen LogP contribution in [0.2, 0.25) is 0 Å². The first-order valence-corrected chi connectivity index (χ1v) is 8.82. The third-order valence-electron chi connectivity index (χ3n) is 4.94. The van der Waals surface area contributed by atoms with Crippen LogP contribution in [0.25, 0.3) is 11.0 Å². The van der Waals surface area contributed by atoms with Gasteiger partial charge < -0.3 is 33.4 Å². The van der Waals surface area contributed by atoms with E-state index in [1.165, 1.54) is 7.11 Å². The molecular weight excluding hydrogens is 370 g/mol. The van der Waals surface area contributed by atoms with Gasteiger partial charge in [0.25, 0.3) is 0 Å². The van der Waals surface area contributed by atoms with Crippen LogP contribution in [0.1, 0.15) is 13.8 Å². The van der Waals surface area contributed by atoms with E-state index < -0.39 is 42.0 Å². The first-order chi connectivity index (χ1) is 13.3. The Labute approximate surface area is 160 Å². The number of benzene rings is 1. The Kier molecular flexibility index (Phi) is 4.43. The minimum Gasteiger partial charge on any atom is -0.461 e. The molecule has 9 nitrogen and oxygen atoms in total. The molecule has 2 saturated heterocycles. The number of carbonyl (C=O) groups is 1. The largest absolute Gasteiger partial charge is 0.509 e. The molecule has 150 valence electrons. The highest BCUT2D eigenvalue weighted by Crippen LogP contribution is 2.38. The number of fused-ring (bicyclic) bond motifs is 2. The minimum absolute atomic E-state index is 0.363. The molecule has 0 radical (unpaired) electrons. The van der Waals surface area contributed by atoms with E-state index in [0.717, 1.165) is 5.39 Å². The van der Waals surface area contributed by atoms with Gasteiger partial charge in [0, 0.05) is 25.6 Å². The van der Waals surface area contributed by atoms with Gasteiger partial charge in [-0.05, 0) is 32.0 Å². The van der Waals surface area contributed by atoms with Crippen LogP contribution in [-0.2, 0) is 18.9 Å². The van der Waals surface area contributed by atoms with E-state index in [1.54, 1.807) is 31.3 Å². The summed E-state index contributed by atoms with van der Waals surface area (Å²) in [4.78, 5) is 23.6. The van der Waals surface area contributed by atoms with Crippen LogP contribution >= 0.6 is 0 Å². The Morgan fingerprint density at radius 3 is 2.57 bits per heavy atom. The van der Waals surface area contributed by atoms with E-state index >= 15 is 0 Å². The second-order valence-corrected chi connectivity index (χ2v) is 7.18. The number of ether oxygens (including phenoxy) is 5. The van der Waals surface area contributed by atoms with Crippen LogP contribution in [0.4, 0.5) is 10.5 Å². The Balaban J connectivity index is 1.64. The first-order valence-electron chi connectivity index (χ1n) is 8.82. The van der Waals surface area contributed by atoms with Crippen LogP contribution in [-0.4, -0.2) is 50.5 Å². The van der Waals surface area contributed by atoms with Gasteiger partial charge in [-0.3, -0.25) is 0 Å². The average molecular weight is 391 g/mol. The van der Waals surface area contributed by atoms with Crippen molar-refractivity contribution < 1.29 is 32.9 Å². The van der Waals surface area contributed by atoms with Crippen molar-refractivity contribution in [2.75, 3.05) is 19.5 Å². The maximum atomic E-state index is 11.9. The van der Waals surface area contributed by atoms with Crippen LogP contribution in [0, 0.1) is 0 Å². The van der Waals surface area contributed by atoms with E-state index in [9.17, 15) is 9.59 Å². The van der Waals surface area contributed by atoms with Crippen molar-refractivity contribution in [3.05, 3.63) is 34.7 Å². The van der Waals surface area contributed by atoms with E-state index in [-0.39, 0.29) is 0 Å². The summed E-state index contributed by atoms with van der Waals surface area (Å²) in [5.74, 6) is 0.395. The summed E-state index contributed by atoms with van der Waals surface area (Å²) in [6.45, 7) is 3.64. The SMILES string of the molecule is CNc1cc2ccc(OC3OC(C)(C)[C@H](OC)[C@H]4OC(=O)O[C@H]34)cc2oc1=O. The molecule has 0 saturated carbocycles. The smallest absolute Gasteiger partial charge is 0.461 e. The standard InChI is InChI=1S/C19H21NO8/c1-19(2)15(23-4)13-14(27-18(22)26-13)17(28-19)24-10-6-5-9-7-11(20-3)16(21)25-12(9)8-10/h5-8,13-15,17,20H,1-4H3/t13-,14-,15+,17?/m0/s1. The third kappa shape index (κ3) is 3.06. The van der Waals surface area contributed by atoms with Gasteiger partial charge in [0.1, 0.15) is 23.1 Å². The van der Waals surface area contributed by atoms with Gasteiger partial charge in [-0.25, -0.2) is 9.59 Å². The van der Waals surface area contributed by atoms with Crippen molar-refractivity contribution in [2.45, 2.75) is 44.1 Å². The van der Waals surface area contributed by atoms with Gasteiger partial charge in [-0.1, -0.05) is 0 Å². The third-order valence-corrected chi connectivity index (χ3v) is 4.94. The summed E-state index contributed by atoms with van der Waals surface area (Å²) in [5, 5.41) is 3.51. The zero-order chi connectivity index (χ0) is 20.1. The lowest BCUT2D eigenvalue weighted by molar-refractivity contribution is -0.282. The van der Waals surface area contributed by atoms with Crippen molar-refractivity contribution in [1.29, 1.82) is 0 Å². The van der Waals surface area contributed by atoms with Gasteiger partial charge >= 0.3 is 11.8 Å². The molecule has 4 rings (SSSR count).